The Morgan fingerprint density at radius 2 is 1.92 bits per heavy atom. The smallest absolute Gasteiger partial charge is 0.122 e. The van der Waals surface area contributed by atoms with Gasteiger partial charge in [-0.3, -0.25) is 0 Å². The molecule has 0 saturated carbocycles. The Morgan fingerprint density at radius 3 is 2.50 bits per heavy atom. The molecule has 0 spiro atoms. The molecule has 0 aliphatic carbocycles. The normalized spacial score (nSPS) is 10.0. The highest BCUT2D eigenvalue weighted by Gasteiger charge is 2.03. The van der Waals surface area contributed by atoms with E-state index in [1.165, 1.54) is 11.1 Å². The van der Waals surface area contributed by atoms with Crippen LogP contribution in [-0.4, -0.2) is 6.61 Å². The van der Waals surface area contributed by atoms with Crippen molar-refractivity contribution in [3.63, 3.8) is 0 Å². The Morgan fingerprint density at radius 1 is 1.25 bits per heavy atom. The van der Waals surface area contributed by atoms with E-state index in [4.69, 9.17) is 4.74 Å². The van der Waals surface area contributed by atoms with Gasteiger partial charge in [0.25, 0.3) is 0 Å². The lowest BCUT2D eigenvalue weighted by molar-refractivity contribution is 0.337. The van der Waals surface area contributed by atoms with Crippen LogP contribution in [0.5, 0.6) is 5.75 Å². The molecule has 0 aliphatic heterocycles. The molecule has 2 heteroatoms. The standard InChI is InChI=1S/C10H14OS/c1-4-11-9-5-6-10(12)8(3)7(9)2/h5-6,12H,4H2,1-3H3. The topological polar surface area (TPSA) is 9.23 Å². The molecule has 0 bridgehead atoms. The molecule has 0 amide bonds. The van der Waals surface area contributed by atoms with E-state index in [9.17, 15) is 0 Å². The van der Waals surface area contributed by atoms with E-state index in [0.717, 1.165) is 10.6 Å². The van der Waals surface area contributed by atoms with Crippen molar-refractivity contribution in [1.82, 2.24) is 0 Å². The summed E-state index contributed by atoms with van der Waals surface area (Å²) in [6.07, 6.45) is 0. The Balaban J connectivity index is 3.08. The molecule has 0 fully saturated rings. The van der Waals surface area contributed by atoms with Crippen molar-refractivity contribution in [1.29, 1.82) is 0 Å². The van der Waals surface area contributed by atoms with Crippen molar-refractivity contribution in [2.75, 3.05) is 6.61 Å². The van der Waals surface area contributed by atoms with Gasteiger partial charge in [0.05, 0.1) is 6.61 Å². The average Bonchev–Trinajstić information content (AvgIpc) is 2.07. The highest BCUT2D eigenvalue weighted by atomic mass is 32.1. The molecular weight excluding hydrogens is 168 g/mol. The Bertz CT molecular complexity index is 281. The molecule has 0 aromatic heterocycles. The first kappa shape index (κ1) is 9.46. The van der Waals surface area contributed by atoms with Crippen molar-refractivity contribution >= 4 is 12.6 Å². The molecular formula is C10H14OS. The van der Waals surface area contributed by atoms with Crippen LogP contribution >= 0.6 is 12.6 Å². The third-order valence-electron chi connectivity index (χ3n) is 2.01. The monoisotopic (exact) mass is 182 g/mol. The molecule has 0 heterocycles. The summed E-state index contributed by atoms with van der Waals surface area (Å²) in [5, 5.41) is 0. The molecule has 0 radical (unpaired) electrons. The third kappa shape index (κ3) is 1.75. The van der Waals surface area contributed by atoms with E-state index in [2.05, 4.69) is 26.5 Å². The van der Waals surface area contributed by atoms with Gasteiger partial charge >= 0.3 is 0 Å². The van der Waals surface area contributed by atoms with Crippen molar-refractivity contribution < 1.29 is 4.74 Å². The number of hydrogen-bond donors (Lipinski definition) is 1. The second kappa shape index (κ2) is 3.85. The van der Waals surface area contributed by atoms with Gasteiger partial charge in [0.15, 0.2) is 0 Å². The molecule has 12 heavy (non-hydrogen) atoms. The zero-order valence-corrected chi connectivity index (χ0v) is 8.61. The molecule has 0 atom stereocenters. The van der Waals surface area contributed by atoms with Gasteiger partial charge in [-0.25, -0.2) is 0 Å². The van der Waals surface area contributed by atoms with E-state index in [1.807, 2.05) is 19.1 Å². The fraction of sp³-hybridized carbons (Fsp3) is 0.400. The summed E-state index contributed by atoms with van der Waals surface area (Å²) in [5.41, 5.74) is 2.38. The summed E-state index contributed by atoms with van der Waals surface area (Å²) in [6.45, 7) is 6.82. The lowest BCUT2D eigenvalue weighted by Gasteiger charge is -2.10. The van der Waals surface area contributed by atoms with Gasteiger partial charge in [-0.1, -0.05) is 0 Å². The molecule has 1 aromatic carbocycles. The largest absolute Gasteiger partial charge is 0.494 e. The predicted molar refractivity (Wildman–Crippen MR) is 54.3 cm³/mol. The Hall–Kier alpha value is -0.630. The quantitative estimate of drug-likeness (QED) is 0.692. The Labute approximate surface area is 79.2 Å². The minimum absolute atomic E-state index is 0.714. The minimum Gasteiger partial charge on any atom is -0.494 e. The summed E-state index contributed by atoms with van der Waals surface area (Å²) in [6, 6.07) is 3.94. The molecule has 0 unspecified atom stereocenters. The van der Waals surface area contributed by atoms with Gasteiger partial charge in [-0.05, 0) is 44.0 Å². The number of ether oxygens (including phenoxy) is 1. The third-order valence-corrected chi connectivity index (χ3v) is 2.49. The lowest BCUT2D eigenvalue weighted by Crippen LogP contribution is -1.95. The zero-order valence-electron chi connectivity index (χ0n) is 7.72. The van der Waals surface area contributed by atoms with Gasteiger partial charge in [-0.2, -0.15) is 0 Å². The predicted octanol–water partition coefficient (Wildman–Crippen LogP) is 2.99. The van der Waals surface area contributed by atoms with Crippen LogP contribution in [0.1, 0.15) is 18.1 Å². The molecule has 0 saturated heterocycles. The van der Waals surface area contributed by atoms with E-state index in [0.29, 0.717) is 6.61 Å². The van der Waals surface area contributed by atoms with E-state index in [1.54, 1.807) is 0 Å². The van der Waals surface area contributed by atoms with Gasteiger partial charge < -0.3 is 4.74 Å². The second-order valence-corrected chi connectivity index (χ2v) is 3.25. The number of thiol groups is 1. The Kier molecular flexibility index (Phi) is 3.04. The highest BCUT2D eigenvalue weighted by molar-refractivity contribution is 7.80. The number of hydrogen-bond acceptors (Lipinski definition) is 2. The van der Waals surface area contributed by atoms with Crippen LogP contribution in [0.2, 0.25) is 0 Å². The van der Waals surface area contributed by atoms with Crippen LogP contribution in [0.15, 0.2) is 17.0 Å². The molecule has 1 rings (SSSR count). The van der Waals surface area contributed by atoms with E-state index in [-0.39, 0.29) is 0 Å². The molecule has 66 valence electrons. The summed E-state index contributed by atoms with van der Waals surface area (Å²) in [5.74, 6) is 0.966. The van der Waals surface area contributed by atoms with Crippen LogP contribution in [-0.2, 0) is 0 Å². The molecule has 1 aromatic rings. The minimum atomic E-state index is 0.714. The van der Waals surface area contributed by atoms with Gasteiger partial charge in [0.2, 0.25) is 0 Å². The number of benzene rings is 1. The van der Waals surface area contributed by atoms with Crippen LogP contribution in [0.3, 0.4) is 0 Å². The maximum atomic E-state index is 5.44. The first-order chi connectivity index (χ1) is 5.66. The fourth-order valence-corrected chi connectivity index (χ4v) is 1.34. The zero-order chi connectivity index (χ0) is 9.14. The maximum absolute atomic E-state index is 5.44. The summed E-state index contributed by atoms with van der Waals surface area (Å²) >= 11 is 4.33. The van der Waals surface area contributed by atoms with Gasteiger partial charge in [-0.15, -0.1) is 12.6 Å². The number of rotatable bonds is 2. The van der Waals surface area contributed by atoms with E-state index < -0.39 is 0 Å². The van der Waals surface area contributed by atoms with Crippen molar-refractivity contribution in [3.8, 4) is 5.75 Å². The first-order valence-corrected chi connectivity index (χ1v) is 4.53. The lowest BCUT2D eigenvalue weighted by atomic mass is 10.1. The highest BCUT2D eigenvalue weighted by Crippen LogP contribution is 2.25. The molecule has 0 N–H and O–H groups in total. The second-order valence-electron chi connectivity index (χ2n) is 2.77. The van der Waals surface area contributed by atoms with Crippen molar-refractivity contribution in [3.05, 3.63) is 23.3 Å². The fourth-order valence-electron chi connectivity index (χ4n) is 1.09. The van der Waals surface area contributed by atoms with Crippen LogP contribution in [0.4, 0.5) is 0 Å². The average molecular weight is 182 g/mol. The van der Waals surface area contributed by atoms with E-state index >= 15 is 0 Å². The SMILES string of the molecule is CCOc1ccc(S)c(C)c1C. The van der Waals surface area contributed by atoms with Crippen LogP contribution in [0.25, 0.3) is 0 Å². The summed E-state index contributed by atoms with van der Waals surface area (Å²) in [4.78, 5) is 1.02. The van der Waals surface area contributed by atoms with Crippen molar-refractivity contribution in [2.45, 2.75) is 25.7 Å². The van der Waals surface area contributed by atoms with Crippen LogP contribution in [0, 0.1) is 13.8 Å². The first-order valence-electron chi connectivity index (χ1n) is 4.08. The summed E-state index contributed by atoms with van der Waals surface area (Å²) in [7, 11) is 0. The molecule has 1 nitrogen and oxygen atoms in total. The van der Waals surface area contributed by atoms with Gasteiger partial charge in [0, 0.05) is 4.90 Å². The van der Waals surface area contributed by atoms with Gasteiger partial charge in [0.1, 0.15) is 5.75 Å². The van der Waals surface area contributed by atoms with Crippen molar-refractivity contribution in [2.24, 2.45) is 0 Å². The maximum Gasteiger partial charge on any atom is 0.122 e. The molecule has 0 aliphatic rings. The summed E-state index contributed by atoms with van der Waals surface area (Å²) < 4.78 is 5.44. The van der Waals surface area contributed by atoms with Crippen LogP contribution < -0.4 is 4.74 Å².